The van der Waals surface area contributed by atoms with Crippen LogP contribution in [0.25, 0.3) is 5.57 Å². The highest BCUT2D eigenvalue weighted by molar-refractivity contribution is 6.31. The van der Waals surface area contributed by atoms with Gasteiger partial charge in [-0.25, -0.2) is 13.6 Å². The van der Waals surface area contributed by atoms with E-state index in [-0.39, 0.29) is 65.1 Å². The second kappa shape index (κ2) is 12.5. The van der Waals surface area contributed by atoms with Crippen LogP contribution in [0, 0.1) is 17.6 Å². The predicted molar refractivity (Wildman–Crippen MR) is 158 cm³/mol. The molecule has 222 valence electrons. The Bertz CT molecular complexity index is 1620. The number of Topliss-reactive ketones (excluding diaryl/α,β-unsaturated/α-hetero) is 1. The molecule has 1 heterocycles. The zero-order chi connectivity index (χ0) is 30.8. The van der Waals surface area contributed by atoms with Crippen LogP contribution in [0.4, 0.5) is 14.5 Å². The van der Waals surface area contributed by atoms with Gasteiger partial charge in [0.1, 0.15) is 5.82 Å². The topological polar surface area (TPSA) is 95.0 Å². The van der Waals surface area contributed by atoms with Crippen molar-refractivity contribution in [3.63, 3.8) is 0 Å². The molecule has 0 spiro atoms. The molecule has 1 N–H and O–H groups in total. The Kier molecular flexibility index (Phi) is 8.73. The number of amides is 2. The molecule has 1 aliphatic carbocycles. The summed E-state index contributed by atoms with van der Waals surface area (Å²) in [6, 6.07) is 14.4. The monoisotopic (exact) mass is 606 g/mol. The van der Waals surface area contributed by atoms with Crippen LogP contribution in [-0.2, 0) is 27.2 Å². The number of hydrogen-bond donors (Lipinski definition) is 1. The summed E-state index contributed by atoms with van der Waals surface area (Å²) in [5.41, 5.74) is 1.94. The summed E-state index contributed by atoms with van der Waals surface area (Å²) in [6.45, 7) is 0.0428. The molecule has 1 atom stereocenters. The molecule has 1 unspecified atom stereocenters. The van der Waals surface area contributed by atoms with Gasteiger partial charge < -0.3 is 14.9 Å². The lowest BCUT2D eigenvalue weighted by Crippen LogP contribution is -2.48. The van der Waals surface area contributed by atoms with Crippen molar-refractivity contribution in [1.82, 2.24) is 4.90 Å². The number of benzene rings is 3. The van der Waals surface area contributed by atoms with Crippen LogP contribution in [0.15, 0.2) is 66.7 Å². The minimum absolute atomic E-state index is 0.0428. The van der Waals surface area contributed by atoms with Crippen LogP contribution in [0.1, 0.15) is 46.3 Å². The highest BCUT2D eigenvalue weighted by atomic mass is 35.5. The minimum atomic E-state index is -1.09. The van der Waals surface area contributed by atoms with Crippen LogP contribution >= 0.6 is 11.6 Å². The number of carboxylic acids is 1. The van der Waals surface area contributed by atoms with E-state index in [1.807, 2.05) is 0 Å². The third-order valence-corrected chi connectivity index (χ3v) is 8.20. The summed E-state index contributed by atoms with van der Waals surface area (Å²) in [5.74, 6) is -3.59. The Labute approximate surface area is 252 Å². The second-order valence-electron chi connectivity index (χ2n) is 10.9. The fraction of sp³-hybridized carbons (Fsp3) is 0.273. The Morgan fingerprint density at radius 3 is 2.26 bits per heavy atom. The molecular weight excluding hydrogens is 578 g/mol. The Morgan fingerprint density at radius 1 is 1.00 bits per heavy atom. The maximum atomic E-state index is 14.7. The molecule has 3 aromatic carbocycles. The average molecular weight is 607 g/mol. The maximum absolute atomic E-state index is 14.7. The van der Waals surface area contributed by atoms with Gasteiger partial charge in [-0.1, -0.05) is 35.9 Å². The van der Waals surface area contributed by atoms with Gasteiger partial charge in [-0.15, -0.1) is 0 Å². The van der Waals surface area contributed by atoms with Gasteiger partial charge in [0.2, 0.25) is 11.8 Å². The van der Waals surface area contributed by atoms with Crippen LogP contribution in [0.3, 0.4) is 0 Å². The van der Waals surface area contributed by atoms with E-state index in [0.29, 0.717) is 11.3 Å². The zero-order valence-electron chi connectivity index (χ0n) is 23.4. The Morgan fingerprint density at radius 2 is 1.65 bits per heavy atom. The first-order valence-electron chi connectivity index (χ1n) is 13.9. The standard InChI is InChI=1S/C33H29ClF2N2O5/c1-37(32(41)21-8-9-21)24-10-4-19(5-11-24)16-27(28(39)17-20-2-6-22(7-3-20)33(42)43)38-15-14-23(18-29(38)40)30-26(35)13-12-25(34)31(30)36/h2-7,10-13,18,21,27H,8-9,14-17H2,1H3,(H,42,43). The number of halogens is 3. The van der Waals surface area contributed by atoms with E-state index in [2.05, 4.69) is 0 Å². The molecule has 1 saturated carbocycles. The number of carboxylic acid groups (broad SMARTS) is 1. The van der Waals surface area contributed by atoms with Gasteiger partial charge in [0, 0.05) is 37.7 Å². The van der Waals surface area contributed by atoms with Gasteiger partial charge in [0.15, 0.2) is 11.6 Å². The molecule has 0 aromatic heterocycles. The van der Waals surface area contributed by atoms with Crippen LogP contribution in [0.5, 0.6) is 0 Å². The fourth-order valence-electron chi connectivity index (χ4n) is 5.28. The molecule has 1 aliphatic heterocycles. The number of carbonyl (C=O) groups is 4. The van der Waals surface area contributed by atoms with E-state index >= 15 is 0 Å². The highest BCUT2D eigenvalue weighted by Gasteiger charge is 2.34. The molecule has 7 nitrogen and oxygen atoms in total. The Balaban J connectivity index is 1.40. The number of anilines is 1. The summed E-state index contributed by atoms with van der Waals surface area (Å²) < 4.78 is 29.2. The first-order valence-corrected chi connectivity index (χ1v) is 14.3. The second-order valence-corrected chi connectivity index (χ2v) is 11.3. The van der Waals surface area contributed by atoms with E-state index in [1.165, 1.54) is 17.0 Å². The molecule has 43 heavy (non-hydrogen) atoms. The molecule has 5 rings (SSSR count). The van der Waals surface area contributed by atoms with E-state index in [1.54, 1.807) is 48.3 Å². The number of rotatable bonds is 10. The normalized spacial score (nSPS) is 15.6. The summed E-state index contributed by atoms with van der Waals surface area (Å²) in [6.07, 6.45) is 3.14. The maximum Gasteiger partial charge on any atom is 0.335 e. The van der Waals surface area contributed by atoms with E-state index in [0.717, 1.165) is 36.6 Å². The van der Waals surface area contributed by atoms with Crippen molar-refractivity contribution in [2.45, 2.75) is 38.1 Å². The predicted octanol–water partition coefficient (Wildman–Crippen LogP) is 5.73. The first-order chi connectivity index (χ1) is 20.5. The molecular formula is C33H29ClF2N2O5. The zero-order valence-corrected chi connectivity index (χ0v) is 24.1. The van der Waals surface area contributed by atoms with Crippen molar-refractivity contribution in [3.05, 3.63) is 106 Å². The van der Waals surface area contributed by atoms with Crippen molar-refractivity contribution in [1.29, 1.82) is 0 Å². The van der Waals surface area contributed by atoms with E-state index in [4.69, 9.17) is 11.6 Å². The van der Waals surface area contributed by atoms with E-state index in [9.17, 15) is 33.1 Å². The van der Waals surface area contributed by atoms with Crippen molar-refractivity contribution in [2.24, 2.45) is 5.92 Å². The summed E-state index contributed by atoms with van der Waals surface area (Å²) in [7, 11) is 1.72. The number of nitrogens with zero attached hydrogens (tertiary/aromatic N) is 2. The van der Waals surface area contributed by atoms with Crippen molar-refractivity contribution >= 4 is 46.4 Å². The molecule has 2 amide bonds. The molecule has 1 fully saturated rings. The number of hydrogen-bond acceptors (Lipinski definition) is 4. The molecule has 2 aliphatic rings. The van der Waals surface area contributed by atoms with E-state index < -0.39 is 29.6 Å². The van der Waals surface area contributed by atoms with Crippen molar-refractivity contribution in [3.8, 4) is 0 Å². The smallest absolute Gasteiger partial charge is 0.335 e. The third kappa shape index (κ3) is 6.67. The highest BCUT2D eigenvalue weighted by Crippen LogP contribution is 2.33. The SMILES string of the molecule is CN(C(=O)C1CC1)c1ccc(CC(C(=O)Cc2ccc(C(=O)O)cc2)N2CCC(c3c(F)ccc(Cl)c3F)=CC2=O)cc1. The van der Waals surface area contributed by atoms with Gasteiger partial charge in [-0.05, 0) is 78.8 Å². The summed E-state index contributed by atoms with van der Waals surface area (Å²) >= 11 is 5.86. The molecule has 0 bridgehead atoms. The average Bonchev–Trinajstić information content (AvgIpc) is 3.84. The summed E-state index contributed by atoms with van der Waals surface area (Å²) in [4.78, 5) is 53.8. The molecule has 0 radical (unpaired) electrons. The van der Waals surface area contributed by atoms with Crippen molar-refractivity contribution < 1.29 is 33.1 Å². The summed E-state index contributed by atoms with van der Waals surface area (Å²) in [5, 5.41) is 8.92. The quantitative estimate of drug-likeness (QED) is 0.298. The van der Waals surface area contributed by atoms with Crippen LogP contribution in [0.2, 0.25) is 5.02 Å². The van der Waals surface area contributed by atoms with Gasteiger partial charge in [0.05, 0.1) is 22.2 Å². The number of aromatic carboxylic acids is 1. The van der Waals surface area contributed by atoms with Crippen molar-refractivity contribution in [2.75, 3.05) is 18.5 Å². The molecule has 3 aromatic rings. The first kappa shape index (κ1) is 30.1. The molecule has 0 saturated heterocycles. The lowest BCUT2D eigenvalue weighted by atomic mass is 9.92. The lowest BCUT2D eigenvalue weighted by molar-refractivity contribution is -0.136. The van der Waals surface area contributed by atoms with Crippen LogP contribution in [-0.4, -0.2) is 53.2 Å². The lowest BCUT2D eigenvalue weighted by Gasteiger charge is -2.34. The van der Waals surface area contributed by atoms with Gasteiger partial charge in [0.25, 0.3) is 0 Å². The van der Waals surface area contributed by atoms with Gasteiger partial charge >= 0.3 is 5.97 Å². The number of carbonyl (C=O) groups excluding carboxylic acids is 3. The van der Waals surface area contributed by atoms with Gasteiger partial charge in [-0.3, -0.25) is 14.4 Å². The third-order valence-electron chi connectivity index (χ3n) is 7.90. The Hall–Kier alpha value is -4.37. The fourth-order valence-corrected chi connectivity index (χ4v) is 5.43. The van der Waals surface area contributed by atoms with Crippen LogP contribution < -0.4 is 4.90 Å². The molecule has 10 heteroatoms. The largest absolute Gasteiger partial charge is 0.478 e. The number of ketones is 1. The minimum Gasteiger partial charge on any atom is -0.478 e. The van der Waals surface area contributed by atoms with Gasteiger partial charge in [-0.2, -0.15) is 0 Å².